The van der Waals surface area contributed by atoms with E-state index in [-0.39, 0.29) is 13.0 Å². The number of nitrogens with one attached hydrogen (secondary N) is 1. The molecular weight excluding hydrogens is 348 g/mol. The Hall–Kier alpha value is -3.35. The molecule has 0 saturated carbocycles. The molecule has 1 atom stereocenters. The zero-order chi connectivity index (χ0) is 19.0. The van der Waals surface area contributed by atoms with Crippen molar-refractivity contribution in [1.82, 2.24) is 10.2 Å². The molecule has 3 amide bonds. The van der Waals surface area contributed by atoms with Crippen molar-refractivity contribution >= 4 is 39.6 Å². The Balaban J connectivity index is 1.52. The second kappa shape index (κ2) is 6.75. The van der Waals surface area contributed by atoms with Crippen LogP contribution in [0.25, 0.3) is 21.7 Å². The van der Waals surface area contributed by atoms with Gasteiger partial charge in [-0.1, -0.05) is 30.3 Å². The smallest absolute Gasteiger partial charge is 0.324 e. The number of hydrogen-bond donors (Lipinski definition) is 1. The second-order valence-corrected chi connectivity index (χ2v) is 6.45. The molecule has 0 bridgehead atoms. The van der Waals surface area contributed by atoms with Crippen molar-refractivity contribution in [2.24, 2.45) is 0 Å². The summed E-state index contributed by atoms with van der Waals surface area (Å²) in [6, 6.07) is 11.2. The van der Waals surface area contributed by atoms with E-state index in [1.54, 1.807) is 6.26 Å². The number of amides is 3. The lowest BCUT2D eigenvalue weighted by Crippen LogP contribution is -2.42. The molecule has 1 saturated heterocycles. The van der Waals surface area contributed by atoms with Crippen LogP contribution in [0.3, 0.4) is 0 Å². The molecule has 1 aromatic heterocycles. The molecule has 0 radical (unpaired) electrons. The number of furan rings is 1. The summed E-state index contributed by atoms with van der Waals surface area (Å²) in [6.07, 6.45) is 0.486. The van der Waals surface area contributed by atoms with Crippen LogP contribution in [-0.2, 0) is 20.7 Å². The Morgan fingerprint density at radius 1 is 1.26 bits per heavy atom. The number of carbonyl (C=O) groups is 3. The highest BCUT2D eigenvalue weighted by atomic mass is 16.5. The van der Waals surface area contributed by atoms with E-state index in [1.807, 2.05) is 36.4 Å². The predicted octanol–water partition coefficient (Wildman–Crippen LogP) is 2.61. The monoisotopic (exact) mass is 366 g/mol. The Morgan fingerprint density at radius 3 is 2.85 bits per heavy atom. The maximum Gasteiger partial charge on any atom is 0.324 e. The third kappa shape index (κ3) is 3.12. The average molecular weight is 366 g/mol. The summed E-state index contributed by atoms with van der Waals surface area (Å²) < 4.78 is 10.8. The van der Waals surface area contributed by atoms with Crippen molar-refractivity contribution in [3.8, 4) is 0 Å². The third-order valence-corrected chi connectivity index (χ3v) is 4.65. The van der Waals surface area contributed by atoms with Gasteiger partial charge in [-0.2, -0.15) is 0 Å². The molecule has 7 heteroatoms. The van der Waals surface area contributed by atoms with Crippen LogP contribution >= 0.6 is 0 Å². The number of carbonyl (C=O) groups excluding carboxylic acids is 3. The van der Waals surface area contributed by atoms with Crippen LogP contribution in [0.1, 0.15) is 12.5 Å². The van der Waals surface area contributed by atoms with Gasteiger partial charge in [-0.15, -0.1) is 0 Å². The fourth-order valence-corrected chi connectivity index (χ4v) is 3.35. The molecule has 2 heterocycles. The molecule has 0 aliphatic carbocycles. The molecule has 1 aliphatic rings. The highest BCUT2D eigenvalue weighted by Crippen LogP contribution is 2.30. The first kappa shape index (κ1) is 17.1. The van der Waals surface area contributed by atoms with Gasteiger partial charge in [0.25, 0.3) is 5.91 Å². The number of imide groups is 1. The summed E-state index contributed by atoms with van der Waals surface area (Å²) in [5.74, 6) is -1.08. The summed E-state index contributed by atoms with van der Waals surface area (Å²) in [5, 5.41) is 5.45. The van der Waals surface area contributed by atoms with Crippen molar-refractivity contribution in [1.29, 1.82) is 0 Å². The van der Waals surface area contributed by atoms with Crippen LogP contribution < -0.4 is 5.32 Å². The minimum atomic E-state index is -1.03. The van der Waals surface area contributed by atoms with Gasteiger partial charge in [0.15, 0.2) is 6.10 Å². The van der Waals surface area contributed by atoms with Crippen molar-refractivity contribution in [3.05, 3.63) is 48.2 Å². The van der Waals surface area contributed by atoms with Gasteiger partial charge < -0.3 is 14.5 Å². The number of esters is 1. The van der Waals surface area contributed by atoms with E-state index in [9.17, 15) is 14.4 Å². The normalized spacial score (nSPS) is 15.1. The quantitative estimate of drug-likeness (QED) is 0.717. The third-order valence-electron chi connectivity index (χ3n) is 4.65. The van der Waals surface area contributed by atoms with Gasteiger partial charge in [-0.05, 0) is 23.8 Å². The molecule has 1 fully saturated rings. The van der Waals surface area contributed by atoms with Crippen LogP contribution in [0.4, 0.5) is 4.79 Å². The number of nitrogens with zero attached hydrogens (tertiary/aromatic N) is 1. The fourth-order valence-electron chi connectivity index (χ4n) is 3.35. The minimum absolute atomic E-state index is 0.0230. The van der Waals surface area contributed by atoms with E-state index in [1.165, 1.54) is 6.92 Å². The van der Waals surface area contributed by atoms with Gasteiger partial charge >= 0.3 is 12.0 Å². The zero-order valence-corrected chi connectivity index (χ0v) is 14.7. The van der Waals surface area contributed by atoms with Crippen LogP contribution in [0.15, 0.2) is 47.1 Å². The summed E-state index contributed by atoms with van der Waals surface area (Å²) in [4.78, 5) is 37.2. The van der Waals surface area contributed by atoms with E-state index >= 15 is 0 Å². The Kier molecular flexibility index (Phi) is 4.27. The maximum atomic E-state index is 12.4. The van der Waals surface area contributed by atoms with E-state index in [0.29, 0.717) is 17.7 Å². The van der Waals surface area contributed by atoms with Gasteiger partial charge in [0.05, 0.1) is 12.7 Å². The Bertz CT molecular complexity index is 1050. The van der Waals surface area contributed by atoms with Crippen molar-refractivity contribution in [3.63, 3.8) is 0 Å². The lowest BCUT2D eigenvalue weighted by molar-refractivity contribution is -0.156. The fraction of sp³-hybridized carbons (Fsp3) is 0.250. The highest BCUT2D eigenvalue weighted by molar-refractivity contribution is 6.08. The largest absolute Gasteiger partial charge is 0.464 e. The van der Waals surface area contributed by atoms with E-state index in [4.69, 9.17) is 9.15 Å². The van der Waals surface area contributed by atoms with Crippen molar-refractivity contribution < 1.29 is 23.5 Å². The second-order valence-electron chi connectivity index (χ2n) is 6.45. The number of hydrogen-bond acceptors (Lipinski definition) is 5. The zero-order valence-electron chi connectivity index (χ0n) is 14.7. The molecule has 4 rings (SSSR count). The Labute approximate surface area is 154 Å². The first-order chi connectivity index (χ1) is 13.0. The van der Waals surface area contributed by atoms with Crippen LogP contribution in [0.2, 0.25) is 0 Å². The topological polar surface area (TPSA) is 88.8 Å². The maximum absolute atomic E-state index is 12.4. The molecule has 0 spiro atoms. The van der Waals surface area contributed by atoms with Crippen LogP contribution in [0, 0.1) is 0 Å². The molecule has 3 aromatic rings. The highest BCUT2D eigenvalue weighted by Gasteiger charge is 2.31. The van der Waals surface area contributed by atoms with Crippen LogP contribution in [-0.4, -0.2) is 42.0 Å². The lowest BCUT2D eigenvalue weighted by Gasteiger charge is -2.18. The standard InChI is InChI=1S/C20H18N2O5/c1-12(19(24)22-9-8-21-20(22)25)27-17(23)10-14-11-26-16-7-6-13-4-2-3-5-15(13)18(14)16/h2-7,11-12H,8-10H2,1H3,(H,21,25)/t12-/m0/s1. The summed E-state index contributed by atoms with van der Waals surface area (Å²) in [5.41, 5.74) is 1.39. The summed E-state index contributed by atoms with van der Waals surface area (Å²) in [7, 11) is 0. The van der Waals surface area contributed by atoms with Gasteiger partial charge in [0.1, 0.15) is 5.58 Å². The van der Waals surface area contributed by atoms with E-state index in [2.05, 4.69) is 5.32 Å². The average Bonchev–Trinajstić information content (AvgIpc) is 3.27. The van der Waals surface area contributed by atoms with Crippen LogP contribution in [0.5, 0.6) is 0 Å². The van der Waals surface area contributed by atoms with Crippen molar-refractivity contribution in [2.75, 3.05) is 13.1 Å². The molecule has 1 aliphatic heterocycles. The summed E-state index contributed by atoms with van der Waals surface area (Å²) in [6.45, 7) is 2.14. The minimum Gasteiger partial charge on any atom is -0.464 e. The molecule has 27 heavy (non-hydrogen) atoms. The molecule has 1 N–H and O–H groups in total. The van der Waals surface area contributed by atoms with Crippen molar-refractivity contribution in [2.45, 2.75) is 19.4 Å². The van der Waals surface area contributed by atoms with Gasteiger partial charge in [-0.3, -0.25) is 14.5 Å². The summed E-state index contributed by atoms with van der Waals surface area (Å²) >= 11 is 0. The van der Waals surface area contributed by atoms with Gasteiger partial charge in [0.2, 0.25) is 0 Å². The number of ether oxygens (including phenoxy) is 1. The van der Waals surface area contributed by atoms with E-state index < -0.39 is 24.0 Å². The number of rotatable bonds is 4. The number of urea groups is 1. The van der Waals surface area contributed by atoms with Gasteiger partial charge in [-0.25, -0.2) is 4.79 Å². The predicted molar refractivity (Wildman–Crippen MR) is 98.1 cm³/mol. The first-order valence-electron chi connectivity index (χ1n) is 8.71. The Morgan fingerprint density at radius 2 is 2.07 bits per heavy atom. The number of fused-ring (bicyclic) bond motifs is 3. The van der Waals surface area contributed by atoms with Gasteiger partial charge in [0, 0.05) is 24.0 Å². The SMILES string of the molecule is C[C@H](OC(=O)Cc1coc2ccc3ccccc3c12)C(=O)N1CCNC1=O. The molecule has 2 aromatic carbocycles. The number of benzene rings is 2. The molecule has 138 valence electrons. The molecular formula is C20H18N2O5. The van der Waals surface area contributed by atoms with E-state index in [0.717, 1.165) is 21.1 Å². The molecule has 0 unspecified atom stereocenters. The molecule has 7 nitrogen and oxygen atoms in total. The first-order valence-corrected chi connectivity index (χ1v) is 8.71. The lowest BCUT2D eigenvalue weighted by atomic mass is 10.0.